The summed E-state index contributed by atoms with van der Waals surface area (Å²) in [6, 6.07) is 0. The molecule has 0 aromatic rings. The van der Waals surface area contributed by atoms with Gasteiger partial charge in [0.15, 0.2) is 0 Å². The number of hydrogen-bond donors (Lipinski definition) is 1. The molecular formula is C16H33NO. The van der Waals surface area contributed by atoms with Crippen molar-refractivity contribution in [2.75, 3.05) is 19.6 Å². The number of hydrogen-bond acceptors (Lipinski definition) is 2. The predicted octanol–water partition coefficient (Wildman–Crippen LogP) is 3.54. The Morgan fingerprint density at radius 2 is 1.56 bits per heavy atom. The van der Waals surface area contributed by atoms with Crippen LogP contribution in [-0.2, 0) is 0 Å². The van der Waals surface area contributed by atoms with Gasteiger partial charge in [-0.05, 0) is 43.4 Å². The van der Waals surface area contributed by atoms with E-state index in [0.29, 0.717) is 5.92 Å². The van der Waals surface area contributed by atoms with Crippen molar-refractivity contribution in [3.63, 3.8) is 0 Å². The van der Waals surface area contributed by atoms with E-state index < -0.39 is 0 Å². The van der Waals surface area contributed by atoms with Crippen molar-refractivity contribution < 1.29 is 5.11 Å². The maximum Gasteiger partial charge on any atom is 0.0674 e. The van der Waals surface area contributed by atoms with E-state index in [1.807, 2.05) is 0 Å². The first-order valence-corrected chi connectivity index (χ1v) is 7.75. The van der Waals surface area contributed by atoms with Gasteiger partial charge in [-0.2, -0.15) is 0 Å². The molecule has 18 heavy (non-hydrogen) atoms. The van der Waals surface area contributed by atoms with Gasteiger partial charge in [0.05, 0.1) is 5.60 Å². The van der Waals surface area contributed by atoms with E-state index in [1.165, 1.54) is 13.0 Å². The fourth-order valence-electron chi connectivity index (χ4n) is 3.41. The molecule has 1 aliphatic rings. The lowest BCUT2D eigenvalue weighted by atomic mass is 9.81. The molecule has 0 aromatic heterocycles. The minimum absolute atomic E-state index is 0.387. The van der Waals surface area contributed by atoms with E-state index in [9.17, 15) is 5.11 Å². The first-order chi connectivity index (χ1) is 8.31. The summed E-state index contributed by atoms with van der Waals surface area (Å²) in [5, 5.41) is 10.7. The lowest BCUT2D eigenvalue weighted by molar-refractivity contribution is -0.0407. The van der Waals surface area contributed by atoms with Crippen LogP contribution in [0.5, 0.6) is 0 Å². The van der Waals surface area contributed by atoms with Crippen molar-refractivity contribution in [3.8, 4) is 0 Å². The SMILES string of the molecule is CC(C)CC(C)CC1(O)CCN(CC(C)C)CC1. The van der Waals surface area contributed by atoms with Crippen LogP contribution in [0.1, 0.15) is 60.3 Å². The maximum absolute atomic E-state index is 10.7. The third-order valence-corrected chi connectivity index (χ3v) is 4.01. The van der Waals surface area contributed by atoms with Gasteiger partial charge in [0.1, 0.15) is 0 Å². The third kappa shape index (κ3) is 5.71. The van der Waals surface area contributed by atoms with Gasteiger partial charge in [0.2, 0.25) is 0 Å². The molecule has 2 nitrogen and oxygen atoms in total. The average Bonchev–Trinajstić information content (AvgIpc) is 2.19. The first-order valence-electron chi connectivity index (χ1n) is 7.75. The number of aliphatic hydroxyl groups is 1. The first kappa shape index (κ1) is 16.0. The summed E-state index contributed by atoms with van der Waals surface area (Å²) in [5.74, 6) is 2.12. The van der Waals surface area contributed by atoms with E-state index in [-0.39, 0.29) is 5.60 Å². The van der Waals surface area contributed by atoms with Crippen LogP contribution >= 0.6 is 0 Å². The third-order valence-electron chi connectivity index (χ3n) is 4.01. The van der Waals surface area contributed by atoms with Crippen molar-refractivity contribution in [2.45, 2.75) is 65.9 Å². The van der Waals surface area contributed by atoms with Gasteiger partial charge in [-0.1, -0.05) is 34.6 Å². The van der Waals surface area contributed by atoms with Crippen molar-refractivity contribution in [1.29, 1.82) is 0 Å². The molecule has 0 radical (unpaired) electrons. The summed E-state index contributed by atoms with van der Waals surface area (Å²) in [7, 11) is 0. The summed E-state index contributed by atoms with van der Waals surface area (Å²) in [6.45, 7) is 14.7. The summed E-state index contributed by atoms with van der Waals surface area (Å²) >= 11 is 0. The molecule has 1 N–H and O–H groups in total. The zero-order valence-electron chi connectivity index (χ0n) is 13.1. The van der Waals surface area contributed by atoms with Gasteiger partial charge in [-0.3, -0.25) is 0 Å². The molecule has 0 aliphatic carbocycles. The van der Waals surface area contributed by atoms with Gasteiger partial charge in [-0.15, -0.1) is 0 Å². The van der Waals surface area contributed by atoms with Crippen LogP contribution < -0.4 is 0 Å². The zero-order chi connectivity index (χ0) is 13.8. The smallest absolute Gasteiger partial charge is 0.0674 e. The Balaban J connectivity index is 2.34. The van der Waals surface area contributed by atoms with Gasteiger partial charge in [0, 0.05) is 19.6 Å². The Bertz CT molecular complexity index is 229. The Morgan fingerprint density at radius 3 is 2.00 bits per heavy atom. The standard InChI is InChI=1S/C16H33NO/c1-13(2)10-15(5)11-16(18)6-8-17(9-7-16)12-14(3)4/h13-15,18H,6-12H2,1-5H3. The number of likely N-dealkylation sites (tertiary alicyclic amines) is 1. The molecule has 1 heterocycles. The van der Waals surface area contributed by atoms with Gasteiger partial charge in [-0.25, -0.2) is 0 Å². The molecular weight excluding hydrogens is 222 g/mol. The number of nitrogens with zero attached hydrogens (tertiary/aromatic N) is 1. The van der Waals surface area contributed by atoms with Crippen molar-refractivity contribution in [2.24, 2.45) is 17.8 Å². The quantitative estimate of drug-likeness (QED) is 0.784. The highest BCUT2D eigenvalue weighted by molar-refractivity contribution is 4.87. The average molecular weight is 255 g/mol. The maximum atomic E-state index is 10.7. The topological polar surface area (TPSA) is 23.5 Å². The van der Waals surface area contributed by atoms with Crippen LogP contribution in [0.4, 0.5) is 0 Å². The highest BCUT2D eigenvalue weighted by Crippen LogP contribution is 2.31. The number of rotatable bonds is 6. The molecule has 108 valence electrons. The molecule has 1 fully saturated rings. The second kappa shape index (κ2) is 6.91. The normalized spacial score (nSPS) is 22.7. The van der Waals surface area contributed by atoms with E-state index in [1.54, 1.807) is 0 Å². The fraction of sp³-hybridized carbons (Fsp3) is 1.00. The molecule has 1 saturated heterocycles. The van der Waals surface area contributed by atoms with Crippen LogP contribution in [0.2, 0.25) is 0 Å². The minimum atomic E-state index is -0.387. The molecule has 0 saturated carbocycles. The van der Waals surface area contributed by atoms with Crippen LogP contribution in [0.15, 0.2) is 0 Å². The monoisotopic (exact) mass is 255 g/mol. The zero-order valence-corrected chi connectivity index (χ0v) is 13.1. The van der Waals surface area contributed by atoms with Gasteiger partial charge >= 0.3 is 0 Å². The van der Waals surface area contributed by atoms with Crippen LogP contribution in [-0.4, -0.2) is 35.2 Å². The van der Waals surface area contributed by atoms with E-state index >= 15 is 0 Å². The van der Waals surface area contributed by atoms with E-state index in [0.717, 1.165) is 44.2 Å². The Labute approximate surface area is 114 Å². The van der Waals surface area contributed by atoms with E-state index in [4.69, 9.17) is 0 Å². The summed E-state index contributed by atoms with van der Waals surface area (Å²) in [6.07, 6.45) is 4.14. The van der Waals surface area contributed by atoms with Crippen LogP contribution in [0, 0.1) is 17.8 Å². The fourth-order valence-corrected chi connectivity index (χ4v) is 3.41. The Morgan fingerprint density at radius 1 is 1.00 bits per heavy atom. The highest BCUT2D eigenvalue weighted by Gasteiger charge is 2.33. The van der Waals surface area contributed by atoms with Crippen LogP contribution in [0.25, 0.3) is 0 Å². The summed E-state index contributed by atoms with van der Waals surface area (Å²) in [4.78, 5) is 2.51. The molecule has 0 spiro atoms. The summed E-state index contributed by atoms with van der Waals surface area (Å²) < 4.78 is 0. The molecule has 1 aliphatic heterocycles. The van der Waals surface area contributed by atoms with Crippen molar-refractivity contribution in [1.82, 2.24) is 4.90 Å². The van der Waals surface area contributed by atoms with E-state index in [2.05, 4.69) is 39.5 Å². The Hall–Kier alpha value is -0.0800. The largest absolute Gasteiger partial charge is 0.390 e. The van der Waals surface area contributed by atoms with Crippen molar-refractivity contribution >= 4 is 0 Å². The van der Waals surface area contributed by atoms with Gasteiger partial charge in [0.25, 0.3) is 0 Å². The second-order valence-electron chi connectivity index (χ2n) is 7.36. The highest BCUT2D eigenvalue weighted by atomic mass is 16.3. The second-order valence-corrected chi connectivity index (χ2v) is 7.36. The predicted molar refractivity (Wildman–Crippen MR) is 78.7 cm³/mol. The summed E-state index contributed by atoms with van der Waals surface area (Å²) in [5.41, 5.74) is -0.387. The molecule has 1 rings (SSSR count). The molecule has 0 amide bonds. The van der Waals surface area contributed by atoms with Crippen molar-refractivity contribution in [3.05, 3.63) is 0 Å². The number of piperidine rings is 1. The molecule has 0 bridgehead atoms. The molecule has 1 unspecified atom stereocenters. The molecule has 1 atom stereocenters. The Kier molecular flexibility index (Phi) is 6.13. The minimum Gasteiger partial charge on any atom is -0.390 e. The van der Waals surface area contributed by atoms with Crippen LogP contribution in [0.3, 0.4) is 0 Å². The molecule has 2 heteroatoms. The lowest BCUT2D eigenvalue weighted by Gasteiger charge is -2.40. The van der Waals surface area contributed by atoms with Gasteiger partial charge < -0.3 is 10.0 Å². The molecule has 0 aromatic carbocycles. The lowest BCUT2D eigenvalue weighted by Crippen LogP contribution is -2.46.